The molecule has 17 heavy (non-hydrogen) atoms. The lowest BCUT2D eigenvalue weighted by molar-refractivity contribution is -0.123. The Morgan fingerprint density at radius 2 is 2.24 bits per heavy atom. The Kier molecular flexibility index (Phi) is 3.64. The molecule has 0 aliphatic carbocycles. The number of anilines is 1. The van der Waals surface area contributed by atoms with Gasteiger partial charge in [-0.2, -0.15) is 0 Å². The Labute approximate surface area is 102 Å². The number of piperazine rings is 1. The quantitative estimate of drug-likeness (QED) is 0.800. The van der Waals surface area contributed by atoms with Crippen LogP contribution in [-0.4, -0.2) is 31.6 Å². The number of amides is 1. The average Bonchev–Trinajstić information content (AvgIpc) is 2.38. The summed E-state index contributed by atoms with van der Waals surface area (Å²) in [6.07, 6.45) is 0.964. The molecule has 0 saturated carbocycles. The second-order valence-electron chi connectivity index (χ2n) is 4.22. The fourth-order valence-corrected chi connectivity index (χ4v) is 2.33. The highest BCUT2D eigenvalue weighted by molar-refractivity contribution is 5.87. The maximum atomic E-state index is 11.8. The Morgan fingerprint density at radius 1 is 1.47 bits per heavy atom. The van der Waals surface area contributed by atoms with Crippen LogP contribution in [0, 0.1) is 0 Å². The molecule has 1 aliphatic rings. The van der Waals surface area contributed by atoms with Crippen molar-refractivity contribution in [1.82, 2.24) is 5.32 Å². The summed E-state index contributed by atoms with van der Waals surface area (Å²) in [6, 6.07) is 7.98. The number of rotatable bonds is 3. The van der Waals surface area contributed by atoms with Gasteiger partial charge < -0.3 is 16.0 Å². The first-order valence-electron chi connectivity index (χ1n) is 6.10. The van der Waals surface area contributed by atoms with Crippen molar-refractivity contribution in [3.63, 3.8) is 0 Å². The summed E-state index contributed by atoms with van der Waals surface area (Å²) in [5.74, 6) is 0.0321. The fourth-order valence-electron chi connectivity index (χ4n) is 2.33. The van der Waals surface area contributed by atoms with Crippen molar-refractivity contribution in [3.8, 4) is 0 Å². The van der Waals surface area contributed by atoms with Gasteiger partial charge in [0.05, 0.1) is 0 Å². The van der Waals surface area contributed by atoms with E-state index in [1.807, 2.05) is 12.1 Å². The largest absolute Gasteiger partial charge is 0.357 e. The van der Waals surface area contributed by atoms with Gasteiger partial charge in [0, 0.05) is 25.3 Å². The summed E-state index contributed by atoms with van der Waals surface area (Å²) >= 11 is 0. The molecule has 2 rings (SSSR count). The SMILES string of the molecule is CCc1ccccc1N1CCNC(=O)C1CN. The Bertz CT molecular complexity index is 405. The van der Waals surface area contributed by atoms with Crippen molar-refractivity contribution in [3.05, 3.63) is 29.8 Å². The van der Waals surface area contributed by atoms with E-state index >= 15 is 0 Å². The van der Waals surface area contributed by atoms with Crippen LogP contribution < -0.4 is 16.0 Å². The number of nitrogens with two attached hydrogens (primary N) is 1. The third kappa shape index (κ3) is 2.26. The third-order valence-corrected chi connectivity index (χ3v) is 3.24. The second kappa shape index (κ2) is 5.19. The minimum Gasteiger partial charge on any atom is -0.357 e. The highest BCUT2D eigenvalue weighted by Crippen LogP contribution is 2.23. The van der Waals surface area contributed by atoms with Crippen molar-refractivity contribution in [2.75, 3.05) is 24.5 Å². The molecule has 0 radical (unpaired) electrons. The van der Waals surface area contributed by atoms with E-state index in [-0.39, 0.29) is 11.9 Å². The standard InChI is InChI=1S/C13H19N3O/c1-2-10-5-3-4-6-11(10)16-8-7-15-13(17)12(16)9-14/h3-6,12H,2,7-9,14H2,1H3,(H,15,17). The van der Waals surface area contributed by atoms with Gasteiger partial charge in [0.2, 0.25) is 5.91 Å². The molecule has 1 amide bonds. The van der Waals surface area contributed by atoms with Crippen molar-refractivity contribution >= 4 is 11.6 Å². The van der Waals surface area contributed by atoms with Gasteiger partial charge in [-0.05, 0) is 18.1 Å². The zero-order valence-corrected chi connectivity index (χ0v) is 10.1. The zero-order valence-electron chi connectivity index (χ0n) is 10.1. The molecule has 4 nitrogen and oxygen atoms in total. The van der Waals surface area contributed by atoms with E-state index < -0.39 is 0 Å². The smallest absolute Gasteiger partial charge is 0.244 e. The molecule has 1 atom stereocenters. The maximum absolute atomic E-state index is 11.8. The van der Waals surface area contributed by atoms with Gasteiger partial charge in [0.1, 0.15) is 6.04 Å². The molecule has 92 valence electrons. The van der Waals surface area contributed by atoms with E-state index in [1.54, 1.807) is 0 Å². The predicted octanol–water partition coefficient (Wildman–Crippen LogP) is 0.512. The highest BCUT2D eigenvalue weighted by Gasteiger charge is 2.29. The summed E-state index contributed by atoms with van der Waals surface area (Å²) in [5.41, 5.74) is 8.11. The van der Waals surface area contributed by atoms with Crippen LogP contribution in [0.4, 0.5) is 5.69 Å². The number of nitrogens with zero attached hydrogens (tertiary/aromatic N) is 1. The molecule has 1 saturated heterocycles. The van der Waals surface area contributed by atoms with Gasteiger partial charge >= 0.3 is 0 Å². The zero-order chi connectivity index (χ0) is 12.3. The first kappa shape index (κ1) is 11.9. The minimum atomic E-state index is -0.239. The number of aryl methyl sites for hydroxylation is 1. The van der Waals surface area contributed by atoms with Crippen LogP contribution in [-0.2, 0) is 11.2 Å². The predicted molar refractivity (Wildman–Crippen MR) is 69.0 cm³/mol. The van der Waals surface area contributed by atoms with E-state index in [1.165, 1.54) is 5.56 Å². The molecule has 0 aromatic heterocycles. The van der Waals surface area contributed by atoms with Crippen molar-refractivity contribution in [2.45, 2.75) is 19.4 Å². The lowest BCUT2D eigenvalue weighted by atomic mass is 10.1. The number of hydrogen-bond acceptors (Lipinski definition) is 3. The molecule has 1 aromatic rings. The normalized spacial score (nSPS) is 20.2. The molecule has 0 bridgehead atoms. The first-order chi connectivity index (χ1) is 8.27. The summed E-state index contributed by atoms with van der Waals surface area (Å²) in [7, 11) is 0. The van der Waals surface area contributed by atoms with Gasteiger partial charge in [-0.1, -0.05) is 25.1 Å². The fraction of sp³-hybridized carbons (Fsp3) is 0.462. The van der Waals surface area contributed by atoms with Crippen LogP contribution >= 0.6 is 0 Å². The topological polar surface area (TPSA) is 58.4 Å². The molecule has 0 spiro atoms. The molecule has 1 fully saturated rings. The lowest BCUT2D eigenvalue weighted by Crippen LogP contribution is -2.58. The van der Waals surface area contributed by atoms with Gasteiger partial charge in [0.25, 0.3) is 0 Å². The molecule has 1 unspecified atom stereocenters. The maximum Gasteiger partial charge on any atom is 0.244 e. The molecule has 4 heteroatoms. The molecule has 1 heterocycles. The summed E-state index contributed by atoms with van der Waals surface area (Å²) in [5, 5.41) is 2.86. The van der Waals surface area contributed by atoms with E-state index in [9.17, 15) is 4.79 Å². The van der Waals surface area contributed by atoms with Crippen LogP contribution in [0.25, 0.3) is 0 Å². The molecular formula is C13H19N3O. The Hall–Kier alpha value is -1.55. The molecule has 1 aliphatic heterocycles. The summed E-state index contributed by atoms with van der Waals surface area (Å²) in [4.78, 5) is 13.9. The van der Waals surface area contributed by atoms with Crippen LogP contribution in [0.5, 0.6) is 0 Å². The van der Waals surface area contributed by atoms with Gasteiger partial charge in [0.15, 0.2) is 0 Å². The van der Waals surface area contributed by atoms with E-state index in [4.69, 9.17) is 5.73 Å². The van der Waals surface area contributed by atoms with Crippen LogP contribution in [0.2, 0.25) is 0 Å². The number of nitrogens with one attached hydrogen (secondary N) is 1. The van der Waals surface area contributed by atoms with E-state index in [2.05, 4.69) is 29.3 Å². The van der Waals surface area contributed by atoms with Crippen LogP contribution in [0.3, 0.4) is 0 Å². The van der Waals surface area contributed by atoms with Crippen LogP contribution in [0.1, 0.15) is 12.5 Å². The molecule has 1 aromatic carbocycles. The van der Waals surface area contributed by atoms with E-state index in [0.717, 1.165) is 18.7 Å². The molecular weight excluding hydrogens is 214 g/mol. The average molecular weight is 233 g/mol. The number of para-hydroxylation sites is 1. The monoisotopic (exact) mass is 233 g/mol. The van der Waals surface area contributed by atoms with Crippen molar-refractivity contribution < 1.29 is 4.79 Å². The Balaban J connectivity index is 2.33. The second-order valence-corrected chi connectivity index (χ2v) is 4.22. The summed E-state index contributed by atoms with van der Waals surface area (Å²) in [6.45, 7) is 3.99. The van der Waals surface area contributed by atoms with Gasteiger partial charge in [-0.15, -0.1) is 0 Å². The number of carbonyl (C=O) groups excluding carboxylic acids is 1. The minimum absolute atomic E-state index is 0.0321. The lowest BCUT2D eigenvalue weighted by Gasteiger charge is -2.37. The van der Waals surface area contributed by atoms with Crippen LogP contribution in [0.15, 0.2) is 24.3 Å². The van der Waals surface area contributed by atoms with Crippen molar-refractivity contribution in [2.24, 2.45) is 5.73 Å². The Morgan fingerprint density at radius 3 is 2.94 bits per heavy atom. The van der Waals surface area contributed by atoms with Crippen molar-refractivity contribution in [1.29, 1.82) is 0 Å². The number of carbonyl (C=O) groups is 1. The highest BCUT2D eigenvalue weighted by atomic mass is 16.2. The number of hydrogen-bond donors (Lipinski definition) is 2. The van der Waals surface area contributed by atoms with Gasteiger partial charge in [-0.25, -0.2) is 0 Å². The third-order valence-electron chi connectivity index (χ3n) is 3.24. The summed E-state index contributed by atoms with van der Waals surface area (Å²) < 4.78 is 0. The van der Waals surface area contributed by atoms with E-state index in [0.29, 0.717) is 13.1 Å². The first-order valence-corrected chi connectivity index (χ1v) is 6.10. The molecule has 3 N–H and O–H groups in total. The van der Waals surface area contributed by atoms with Gasteiger partial charge in [-0.3, -0.25) is 4.79 Å². The number of benzene rings is 1.